The number of nitrogens with one attached hydrogen (secondary N) is 1. The maximum absolute atomic E-state index is 13.4. The van der Waals surface area contributed by atoms with E-state index in [-0.39, 0.29) is 21.2 Å². The van der Waals surface area contributed by atoms with Crippen molar-refractivity contribution in [1.82, 2.24) is 5.43 Å². The summed E-state index contributed by atoms with van der Waals surface area (Å²) in [4.78, 5) is 23.1. The van der Waals surface area contributed by atoms with Gasteiger partial charge in [0.1, 0.15) is 6.54 Å². The maximum Gasteiger partial charge on any atom is 0.270 e. The van der Waals surface area contributed by atoms with Gasteiger partial charge >= 0.3 is 0 Å². The number of nitro benzene ring substituents is 1. The van der Waals surface area contributed by atoms with E-state index in [1.807, 2.05) is 20.8 Å². The first-order valence-electron chi connectivity index (χ1n) is 10.4. The van der Waals surface area contributed by atoms with Crippen molar-refractivity contribution in [3.63, 3.8) is 0 Å². The van der Waals surface area contributed by atoms with Crippen LogP contribution in [-0.4, -0.2) is 32.0 Å². The number of sulfonamides is 1. The van der Waals surface area contributed by atoms with Gasteiger partial charge in [0, 0.05) is 22.7 Å². The molecule has 0 aromatic heterocycles. The lowest BCUT2D eigenvalue weighted by molar-refractivity contribution is -0.384. The molecule has 11 heteroatoms. The molecule has 3 rings (SSSR count). The average molecular weight is 515 g/mol. The Balaban J connectivity index is 1.87. The largest absolute Gasteiger partial charge is 0.271 e. The van der Waals surface area contributed by atoms with E-state index in [0.29, 0.717) is 5.69 Å². The second kappa shape index (κ2) is 10.7. The van der Waals surface area contributed by atoms with E-state index in [1.165, 1.54) is 30.3 Å². The summed E-state index contributed by atoms with van der Waals surface area (Å²) in [5, 5.41) is 15.0. The number of amides is 1. The lowest BCUT2D eigenvalue weighted by Gasteiger charge is -2.24. The predicted molar refractivity (Wildman–Crippen MR) is 135 cm³/mol. The first kappa shape index (κ1) is 25.9. The third-order valence-electron chi connectivity index (χ3n) is 5.26. The van der Waals surface area contributed by atoms with Crippen molar-refractivity contribution in [2.24, 2.45) is 5.10 Å². The summed E-state index contributed by atoms with van der Waals surface area (Å²) >= 11 is 6.03. The highest BCUT2D eigenvalue weighted by atomic mass is 35.5. The molecule has 0 radical (unpaired) electrons. The summed E-state index contributed by atoms with van der Waals surface area (Å²) in [6.45, 7) is 5.05. The topological polar surface area (TPSA) is 122 Å². The molecule has 35 heavy (non-hydrogen) atoms. The van der Waals surface area contributed by atoms with Crippen LogP contribution in [0.2, 0.25) is 5.02 Å². The minimum absolute atomic E-state index is 0.0426. The van der Waals surface area contributed by atoms with Crippen LogP contribution < -0.4 is 9.73 Å². The number of anilines is 1. The summed E-state index contributed by atoms with van der Waals surface area (Å²) in [7, 11) is -4.07. The number of hydrogen-bond acceptors (Lipinski definition) is 6. The molecule has 1 N–H and O–H groups in total. The van der Waals surface area contributed by atoms with Gasteiger partial charge < -0.3 is 0 Å². The van der Waals surface area contributed by atoms with Crippen LogP contribution in [0, 0.1) is 30.9 Å². The van der Waals surface area contributed by atoms with Crippen molar-refractivity contribution in [3.8, 4) is 0 Å². The van der Waals surface area contributed by atoms with Crippen LogP contribution in [0.5, 0.6) is 0 Å². The SMILES string of the molecule is Cc1ccc(S(=O)(=O)N(CC(=O)N/N=C/c2cc([N+](=O)[O-])ccc2Cl)c2ccc(C)c(C)c2)cc1. The molecular weight excluding hydrogens is 492 g/mol. The maximum atomic E-state index is 13.4. The summed E-state index contributed by atoms with van der Waals surface area (Å²) in [5.41, 5.74) is 5.36. The van der Waals surface area contributed by atoms with Gasteiger partial charge in [-0.05, 0) is 62.2 Å². The number of halogens is 1. The molecule has 0 atom stereocenters. The summed E-state index contributed by atoms with van der Waals surface area (Å²) in [6, 6.07) is 15.2. The fraction of sp³-hybridized carbons (Fsp3) is 0.167. The van der Waals surface area contributed by atoms with Gasteiger partial charge in [-0.3, -0.25) is 19.2 Å². The second-order valence-corrected chi connectivity index (χ2v) is 10.1. The molecule has 3 aromatic carbocycles. The van der Waals surface area contributed by atoms with E-state index in [4.69, 9.17) is 11.6 Å². The van der Waals surface area contributed by atoms with E-state index in [1.54, 1.807) is 30.3 Å². The summed E-state index contributed by atoms with van der Waals surface area (Å²) in [6.07, 6.45) is 1.15. The molecule has 182 valence electrons. The van der Waals surface area contributed by atoms with Gasteiger partial charge in [-0.1, -0.05) is 35.4 Å². The minimum atomic E-state index is -4.07. The predicted octanol–water partition coefficient (Wildman–Crippen LogP) is 4.52. The molecule has 0 bridgehead atoms. The molecule has 0 aliphatic rings. The van der Waals surface area contributed by atoms with Gasteiger partial charge in [0.15, 0.2) is 0 Å². The van der Waals surface area contributed by atoms with Gasteiger partial charge in [0.2, 0.25) is 0 Å². The van der Waals surface area contributed by atoms with Crippen molar-refractivity contribution in [1.29, 1.82) is 0 Å². The minimum Gasteiger partial charge on any atom is -0.271 e. The zero-order valence-electron chi connectivity index (χ0n) is 19.2. The molecule has 0 saturated heterocycles. The van der Waals surface area contributed by atoms with E-state index in [9.17, 15) is 23.3 Å². The number of hydrazone groups is 1. The zero-order valence-corrected chi connectivity index (χ0v) is 20.8. The lowest BCUT2D eigenvalue weighted by atomic mass is 10.1. The highest BCUT2D eigenvalue weighted by Gasteiger charge is 2.27. The van der Waals surface area contributed by atoms with Gasteiger partial charge in [-0.25, -0.2) is 13.8 Å². The van der Waals surface area contributed by atoms with Crippen molar-refractivity contribution >= 4 is 45.1 Å². The molecule has 0 heterocycles. The summed E-state index contributed by atoms with van der Waals surface area (Å²) < 4.78 is 27.9. The number of rotatable bonds is 8. The Labute approximate surface area is 208 Å². The Hall–Kier alpha value is -3.76. The van der Waals surface area contributed by atoms with Crippen LogP contribution in [0.3, 0.4) is 0 Å². The van der Waals surface area contributed by atoms with Crippen LogP contribution in [-0.2, 0) is 14.8 Å². The Morgan fingerprint density at radius 1 is 1.06 bits per heavy atom. The molecule has 1 amide bonds. The van der Waals surface area contributed by atoms with Gasteiger partial charge in [0.25, 0.3) is 21.6 Å². The molecule has 0 unspecified atom stereocenters. The van der Waals surface area contributed by atoms with Crippen molar-refractivity contribution in [2.45, 2.75) is 25.7 Å². The van der Waals surface area contributed by atoms with E-state index >= 15 is 0 Å². The molecule has 0 spiro atoms. The van der Waals surface area contributed by atoms with Crippen LogP contribution in [0.1, 0.15) is 22.3 Å². The Bertz CT molecular complexity index is 1410. The lowest BCUT2D eigenvalue weighted by Crippen LogP contribution is -2.39. The standard InChI is InChI=1S/C24H23ClN4O5S/c1-16-4-9-22(10-5-16)35(33,34)28(20-7-6-17(2)18(3)12-20)15-24(30)27-26-14-19-13-21(29(31)32)8-11-23(19)25/h4-14H,15H2,1-3H3,(H,27,30)/b26-14+. The molecular formula is C24H23ClN4O5S. The second-order valence-electron chi connectivity index (χ2n) is 7.85. The smallest absolute Gasteiger partial charge is 0.270 e. The van der Waals surface area contributed by atoms with Crippen LogP contribution in [0.15, 0.2) is 70.7 Å². The van der Waals surface area contributed by atoms with E-state index in [0.717, 1.165) is 27.2 Å². The van der Waals surface area contributed by atoms with Crippen LogP contribution >= 0.6 is 11.6 Å². The number of nitrogens with zero attached hydrogens (tertiary/aromatic N) is 3. The number of hydrogen-bond donors (Lipinski definition) is 1. The number of aryl methyl sites for hydroxylation is 3. The first-order valence-corrected chi connectivity index (χ1v) is 12.2. The Morgan fingerprint density at radius 3 is 2.37 bits per heavy atom. The molecule has 3 aromatic rings. The molecule has 0 aliphatic carbocycles. The van der Waals surface area contributed by atoms with Gasteiger partial charge in [-0.2, -0.15) is 5.10 Å². The van der Waals surface area contributed by atoms with Gasteiger partial charge in [-0.15, -0.1) is 0 Å². The Kier molecular flexibility index (Phi) is 7.88. The average Bonchev–Trinajstić information content (AvgIpc) is 2.80. The third kappa shape index (κ3) is 6.23. The zero-order chi connectivity index (χ0) is 25.8. The fourth-order valence-corrected chi connectivity index (χ4v) is 4.70. The highest BCUT2D eigenvalue weighted by molar-refractivity contribution is 7.92. The van der Waals surface area contributed by atoms with Crippen molar-refractivity contribution in [3.05, 3.63) is 98.1 Å². The Morgan fingerprint density at radius 2 is 1.74 bits per heavy atom. The third-order valence-corrected chi connectivity index (χ3v) is 7.39. The monoisotopic (exact) mass is 514 g/mol. The number of nitro groups is 1. The number of carbonyl (C=O) groups is 1. The molecule has 0 saturated carbocycles. The number of carbonyl (C=O) groups excluding carboxylic acids is 1. The van der Waals surface area contributed by atoms with Crippen molar-refractivity contribution in [2.75, 3.05) is 10.8 Å². The number of non-ortho nitro benzene ring substituents is 1. The molecule has 0 fully saturated rings. The van der Waals surface area contributed by atoms with Crippen LogP contribution in [0.4, 0.5) is 11.4 Å². The highest BCUT2D eigenvalue weighted by Crippen LogP contribution is 2.26. The molecule has 9 nitrogen and oxygen atoms in total. The van der Waals surface area contributed by atoms with E-state index < -0.39 is 27.4 Å². The quantitative estimate of drug-likeness (QED) is 0.269. The number of benzene rings is 3. The first-order chi connectivity index (χ1) is 16.5. The van der Waals surface area contributed by atoms with Crippen molar-refractivity contribution < 1.29 is 18.1 Å². The van der Waals surface area contributed by atoms with Crippen LogP contribution in [0.25, 0.3) is 0 Å². The van der Waals surface area contributed by atoms with E-state index in [2.05, 4.69) is 10.5 Å². The normalized spacial score (nSPS) is 11.4. The van der Waals surface area contributed by atoms with Gasteiger partial charge in [0.05, 0.1) is 21.7 Å². The summed E-state index contributed by atoms with van der Waals surface area (Å²) in [5.74, 6) is -0.711. The fourth-order valence-electron chi connectivity index (χ4n) is 3.12. The molecule has 0 aliphatic heterocycles.